The first-order valence-corrected chi connectivity index (χ1v) is 14.3. The molecule has 1 unspecified atom stereocenters. The molecule has 1 aliphatic rings. The monoisotopic (exact) mass is 640 g/mol. The van der Waals surface area contributed by atoms with Crippen LogP contribution in [0.4, 0.5) is 37.1 Å². The molecule has 1 saturated heterocycles. The number of alkyl halides is 6. The van der Waals surface area contributed by atoms with Gasteiger partial charge in [0.25, 0.3) is 0 Å². The van der Waals surface area contributed by atoms with E-state index >= 15 is 0 Å². The third-order valence-electron chi connectivity index (χ3n) is 7.30. The number of hydrogen-bond donors (Lipinski definition) is 0. The smallest absolute Gasteiger partial charge is 0.417 e. The summed E-state index contributed by atoms with van der Waals surface area (Å²) in [5, 5.41) is 4.09. The number of anilines is 1. The lowest BCUT2D eigenvalue weighted by atomic mass is 9.99. The van der Waals surface area contributed by atoms with Crippen LogP contribution >= 0.6 is 0 Å². The number of nitrogens with zero attached hydrogens (tertiary/aromatic N) is 6. The van der Waals surface area contributed by atoms with Gasteiger partial charge in [-0.15, -0.1) is 0 Å². The molecule has 15 heteroatoms. The first-order chi connectivity index (χ1) is 20.9. The van der Waals surface area contributed by atoms with Gasteiger partial charge in [0.15, 0.2) is 0 Å². The van der Waals surface area contributed by atoms with E-state index in [4.69, 9.17) is 4.74 Å². The molecule has 1 fully saturated rings. The summed E-state index contributed by atoms with van der Waals surface area (Å²) >= 11 is 0. The van der Waals surface area contributed by atoms with Crippen molar-refractivity contribution in [2.45, 2.75) is 77.5 Å². The van der Waals surface area contributed by atoms with Gasteiger partial charge in [-0.3, -0.25) is 9.48 Å². The molecule has 2 amide bonds. The van der Waals surface area contributed by atoms with E-state index in [0.29, 0.717) is 36.1 Å². The summed E-state index contributed by atoms with van der Waals surface area (Å²) in [7, 11) is 1.72. The Morgan fingerprint density at radius 2 is 1.58 bits per heavy atom. The summed E-state index contributed by atoms with van der Waals surface area (Å²) in [6.45, 7) is 6.46. The molecule has 45 heavy (non-hydrogen) atoms. The Morgan fingerprint density at radius 1 is 0.978 bits per heavy atom. The van der Waals surface area contributed by atoms with Gasteiger partial charge in [0.1, 0.15) is 5.60 Å². The van der Waals surface area contributed by atoms with Gasteiger partial charge >= 0.3 is 18.4 Å². The van der Waals surface area contributed by atoms with E-state index in [-0.39, 0.29) is 30.5 Å². The number of benzene rings is 1. The predicted octanol–water partition coefficient (Wildman–Crippen LogP) is 6.87. The van der Waals surface area contributed by atoms with E-state index in [9.17, 15) is 35.9 Å². The Labute approximate surface area is 256 Å². The number of carbonyl (C=O) groups is 2. The second kappa shape index (κ2) is 12.7. The van der Waals surface area contributed by atoms with Gasteiger partial charge in [0, 0.05) is 61.8 Å². The van der Waals surface area contributed by atoms with Gasteiger partial charge in [-0.05, 0) is 63.8 Å². The molecule has 3 heterocycles. The third kappa shape index (κ3) is 8.31. The van der Waals surface area contributed by atoms with Crippen LogP contribution in [0.15, 0.2) is 43.0 Å². The maximum absolute atomic E-state index is 13.6. The van der Waals surface area contributed by atoms with Crippen LogP contribution in [0.3, 0.4) is 0 Å². The molecule has 4 rings (SSSR count). The molecule has 0 radical (unpaired) electrons. The molecule has 0 bridgehead atoms. The SMILES string of the molecule is CC[C@@H]1CC(CCN(Cc2cc(C(F)(F)F)cc(C(F)(F)F)c2)c2ncc(-c3cnn(C)c3)cn2)C(=O)N1C(=O)OC(C)(C)C. The molecule has 2 atom stereocenters. The molecule has 0 spiro atoms. The first kappa shape index (κ1) is 33.7. The van der Waals surface area contributed by atoms with E-state index < -0.39 is 59.6 Å². The van der Waals surface area contributed by atoms with Crippen LogP contribution < -0.4 is 4.90 Å². The number of carbonyl (C=O) groups excluding carboxylic acids is 2. The predicted molar refractivity (Wildman–Crippen MR) is 152 cm³/mol. The molecule has 1 aromatic carbocycles. The van der Waals surface area contributed by atoms with Crippen molar-refractivity contribution < 1.29 is 40.7 Å². The molecular formula is C30H34F6N6O3. The van der Waals surface area contributed by atoms with Crippen molar-refractivity contribution >= 4 is 17.9 Å². The largest absolute Gasteiger partial charge is 0.443 e. The second-order valence-electron chi connectivity index (χ2n) is 12.0. The van der Waals surface area contributed by atoms with Crippen LogP contribution in [0.5, 0.6) is 0 Å². The summed E-state index contributed by atoms with van der Waals surface area (Å²) in [4.78, 5) is 37.4. The van der Waals surface area contributed by atoms with E-state index in [1.165, 1.54) is 17.3 Å². The van der Waals surface area contributed by atoms with Crippen LogP contribution in [0.25, 0.3) is 11.1 Å². The van der Waals surface area contributed by atoms with Gasteiger partial charge in [-0.1, -0.05) is 6.92 Å². The first-order valence-electron chi connectivity index (χ1n) is 14.3. The van der Waals surface area contributed by atoms with Crippen molar-refractivity contribution in [2.75, 3.05) is 11.4 Å². The van der Waals surface area contributed by atoms with Crippen molar-refractivity contribution in [3.8, 4) is 11.1 Å². The van der Waals surface area contributed by atoms with Crippen molar-refractivity contribution in [1.29, 1.82) is 0 Å². The minimum atomic E-state index is -5.01. The summed E-state index contributed by atoms with van der Waals surface area (Å²) < 4.78 is 88.5. The van der Waals surface area contributed by atoms with E-state index in [1.54, 1.807) is 44.9 Å². The zero-order chi connectivity index (χ0) is 33.3. The van der Waals surface area contributed by atoms with Gasteiger partial charge in [-0.25, -0.2) is 19.7 Å². The highest BCUT2D eigenvalue weighted by atomic mass is 19.4. The van der Waals surface area contributed by atoms with E-state index in [2.05, 4.69) is 15.1 Å². The molecule has 0 N–H and O–H groups in total. The summed E-state index contributed by atoms with van der Waals surface area (Å²) in [5.41, 5.74) is -2.68. The molecule has 0 aliphatic carbocycles. The number of imide groups is 1. The van der Waals surface area contributed by atoms with Crippen molar-refractivity contribution in [3.05, 3.63) is 59.7 Å². The van der Waals surface area contributed by atoms with Crippen LogP contribution in [-0.2, 0) is 35.5 Å². The Hall–Kier alpha value is -4.17. The fraction of sp³-hybridized carbons (Fsp3) is 0.500. The van der Waals surface area contributed by atoms with Gasteiger partial charge in [0.05, 0.1) is 17.3 Å². The number of hydrogen-bond acceptors (Lipinski definition) is 7. The average molecular weight is 641 g/mol. The maximum Gasteiger partial charge on any atom is 0.417 e. The summed E-state index contributed by atoms with van der Waals surface area (Å²) in [6, 6.07) is 0.966. The highest BCUT2D eigenvalue weighted by Crippen LogP contribution is 2.37. The molecular weight excluding hydrogens is 606 g/mol. The third-order valence-corrected chi connectivity index (χ3v) is 7.30. The Balaban J connectivity index is 1.64. The highest BCUT2D eigenvalue weighted by Gasteiger charge is 2.44. The quantitative estimate of drug-likeness (QED) is 0.248. The normalized spacial score (nSPS) is 17.6. The zero-order valence-corrected chi connectivity index (χ0v) is 25.4. The standard InChI is InChI=1S/C30H34F6N6O3/c1-6-24-11-19(25(43)42(24)27(44)45-28(2,3)4)7-8-41(26-37-13-20(14-38-26)21-15-39-40(5)17-21)16-18-9-22(29(31,32)33)12-23(10-18)30(34,35)36/h9-10,12-15,17,19,24H,6-8,11,16H2,1-5H3/t19?,24-/m1/s1. The number of aryl methyl sites for hydroxylation is 1. The fourth-order valence-electron chi connectivity index (χ4n) is 5.15. The highest BCUT2D eigenvalue weighted by molar-refractivity contribution is 5.95. The lowest BCUT2D eigenvalue weighted by molar-refractivity contribution is -0.143. The number of ether oxygens (including phenoxy) is 1. The number of halogens is 6. The average Bonchev–Trinajstić information content (AvgIpc) is 3.51. The zero-order valence-electron chi connectivity index (χ0n) is 25.4. The topological polar surface area (TPSA) is 93.5 Å². The van der Waals surface area contributed by atoms with Crippen LogP contribution in [0.2, 0.25) is 0 Å². The van der Waals surface area contributed by atoms with Crippen molar-refractivity contribution in [2.24, 2.45) is 13.0 Å². The van der Waals surface area contributed by atoms with Crippen molar-refractivity contribution in [1.82, 2.24) is 24.6 Å². The molecule has 0 saturated carbocycles. The lowest BCUT2D eigenvalue weighted by Crippen LogP contribution is -2.42. The molecule has 2 aromatic heterocycles. The number of aromatic nitrogens is 4. The number of likely N-dealkylation sites (tertiary alicyclic amines) is 1. The number of amides is 2. The molecule has 244 valence electrons. The summed E-state index contributed by atoms with van der Waals surface area (Å²) in [6.07, 6.45) is -3.61. The van der Waals surface area contributed by atoms with Gasteiger partial charge in [0.2, 0.25) is 11.9 Å². The second-order valence-corrected chi connectivity index (χ2v) is 12.0. The fourth-order valence-corrected chi connectivity index (χ4v) is 5.15. The number of rotatable bonds is 8. The van der Waals surface area contributed by atoms with Gasteiger partial charge in [-0.2, -0.15) is 31.4 Å². The Bertz CT molecular complexity index is 1480. The molecule has 1 aliphatic heterocycles. The van der Waals surface area contributed by atoms with E-state index in [1.807, 2.05) is 6.92 Å². The Kier molecular flexibility index (Phi) is 9.50. The lowest BCUT2D eigenvalue weighted by Gasteiger charge is -2.27. The van der Waals surface area contributed by atoms with Crippen molar-refractivity contribution in [3.63, 3.8) is 0 Å². The molecule has 9 nitrogen and oxygen atoms in total. The van der Waals surface area contributed by atoms with Crippen LogP contribution in [0.1, 0.15) is 63.6 Å². The van der Waals surface area contributed by atoms with E-state index in [0.717, 1.165) is 4.90 Å². The summed E-state index contributed by atoms with van der Waals surface area (Å²) in [5.74, 6) is -1.07. The maximum atomic E-state index is 13.6. The minimum Gasteiger partial charge on any atom is -0.443 e. The minimum absolute atomic E-state index is 0.00116. The van der Waals surface area contributed by atoms with Crippen LogP contribution in [0, 0.1) is 5.92 Å². The Morgan fingerprint density at radius 3 is 2.07 bits per heavy atom. The van der Waals surface area contributed by atoms with Gasteiger partial charge < -0.3 is 9.64 Å². The molecule has 3 aromatic rings. The van der Waals surface area contributed by atoms with Crippen LogP contribution in [-0.4, -0.2) is 54.8 Å².